The second kappa shape index (κ2) is 5.13. The van der Waals surface area contributed by atoms with Crippen molar-refractivity contribution in [3.8, 4) is 0 Å². The number of benzene rings is 1. The predicted octanol–water partition coefficient (Wildman–Crippen LogP) is 3.95. The average Bonchev–Trinajstić information content (AvgIpc) is 2.93. The smallest absolute Gasteiger partial charge is 0.346 e. The van der Waals surface area contributed by atoms with Gasteiger partial charge in [0.05, 0.1) is 17.3 Å². The standard InChI is InChI=1S/C14H10ClFN2O2S/c1-7-9(15)6-18(17-7)5-8-12-10(16)3-2-4-11(12)21-13(8)14(19)20/h2-4,6H,5H2,1H3,(H,19,20). The van der Waals surface area contributed by atoms with E-state index >= 15 is 0 Å². The van der Waals surface area contributed by atoms with Crippen LogP contribution in [0.4, 0.5) is 4.39 Å². The SMILES string of the molecule is Cc1nn(Cc2c(C(=O)O)sc3cccc(F)c23)cc1Cl. The van der Waals surface area contributed by atoms with Crippen LogP contribution in [0.1, 0.15) is 20.9 Å². The van der Waals surface area contributed by atoms with Gasteiger partial charge in [0.25, 0.3) is 0 Å². The molecule has 3 aromatic rings. The van der Waals surface area contributed by atoms with E-state index in [1.165, 1.54) is 10.7 Å². The molecular weight excluding hydrogens is 315 g/mol. The van der Waals surface area contributed by atoms with Crippen LogP contribution in [-0.4, -0.2) is 20.9 Å². The van der Waals surface area contributed by atoms with Crippen LogP contribution in [0.3, 0.4) is 0 Å². The second-order valence-corrected chi connectivity index (χ2v) is 6.05. The zero-order valence-electron chi connectivity index (χ0n) is 10.9. The first kappa shape index (κ1) is 14.0. The summed E-state index contributed by atoms with van der Waals surface area (Å²) in [5, 5.41) is 14.4. The Balaban J connectivity index is 2.19. The van der Waals surface area contributed by atoms with Crippen molar-refractivity contribution in [1.29, 1.82) is 0 Å². The quantitative estimate of drug-likeness (QED) is 0.793. The molecule has 0 spiro atoms. The monoisotopic (exact) mass is 324 g/mol. The van der Waals surface area contributed by atoms with E-state index in [-0.39, 0.29) is 11.4 Å². The molecule has 0 amide bonds. The highest BCUT2D eigenvalue weighted by Gasteiger charge is 2.21. The molecule has 0 atom stereocenters. The lowest BCUT2D eigenvalue weighted by Crippen LogP contribution is -2.05. The third-order valence-electron chi connectivity index (χ3n) is 3.16. The molecule has 0 aliphatic heterocycles. The summed E-state index contributed by atoms with van der Waals surface area (Å²) in [4.78, 5) is 11.5. The molecule has 1 aromatic carbocycles. The van der Waals surface area contributed by atoms with Crippen LogP contribution >= 0.6 is 22.9 Å². The van der Waals surface area contributed by atoms with Crippen LogP contribution < -0.4 is 0 Å². The molecular formula is C14H10ClFN2O2S. The number of thiophene rings is 1. The molecule has 1 N–H and O–H groups in total. The maximum atomic E-state index is 14.1. The number of hydrogen-bond donors (Lipinski definition) is 1. The Morgan fingerprint density at radius 3 is 2.90 bits per heavy atom. The van der Waals surface area contributed by atoms with Crippen LogP contribution in [0, 0.1) is 12.7 Å². The van der Waals surface area contributed by atoms with Crippen LogP contribution in [0.15, 0.2) is 24.4 Å². The molecule has 108 valence electrons. The minimum atomic E-state index is -1.07. The first-order valence-electron chi connectivity index (χ1n) is 6.10. The molecule has 0 saturated heterocycles. The topological polar surface area (TPSA) is 55.1 Å². The lowest BCUT2D eigenvalue weighted by Gasteiger charge is -2.03. The van der Waals surface area contributed by atoms with Crippen molar-refractivity contribution in [1.82, 2.24) is 9.78 Å². The highest BCUT2D eigenvalue weighted by molar-refractivity contribution is 7.21. The molecule has 4 nitrogen and oxygen atoms in total. The van der Waals surface area contributed by atoms with Crippen molar-refractivity contribution in [2.75, 3.05) is 0 Å². The van der Waals surface area contributed by atoms with E-state index in [4.69, 9.17) is 11.6 Å². The summed E-state index contributed by atoms with van der Waals surface area (Å²) in [5.41, 5.74) is 1.06. The van der Waals surface area contributed by atoms with Crippen LogP contribution in [0.25, 0.3) is 10.1 Å². The van der Waals surface area contributed by atoms with Gasteiger partial charge in [0.2, 0.25) is 0 Å². The van der Waals surface area contributed by atoms with Gasteiger partial charge in [0.1, 0.15) is 10.7 Å². The van der Waals surface area contributed by atoms with Gasteiger partial charge in [0.15, 0.2) is 0 Å². The molecule has 0 radical (unpaired) electrons. The van der Waals surface area contributed by atoms with Gasteiger partial charge in [-0.15, -0.1) is 11.3 Å². The number of carbonyl (C=O) groups is 1. The van der Waals surface area contributed by atoms with E-state index in [0.717, 1.165) is 11.3 Å². The zero-order chi connectivity index (χ0) is 15.1. The number of aryl methyl sites for hydroxylation is 1. The van der Waals surface area contributed by atoms with E-state index in [1.54, 1.807) is 25.3 Å². The van der Waals surface area contributed by atoms with E-state index in [1.807, 2.05) is 0 Å². The minimum Gasteiger partial charge on any atom is -0.477 e. The molecule has 0 unspecified atom stereocenters. The fraction of sp³-hybridized carbons (Fsp3) is 0.143. The normalized spacial score (nSPS) is 11.2. The number of halogens is 2. The number of rotatable bonds is 3. The van der Waals surface area contributed by atoms with Gasteiger partial charge < -0.3 is 5.11 Å². The predicted molar refractivity (Wildman–Crippen MR) is 79.8 cm³/mol. The zero-order valence-corrected chi connectivity index (χ0v) is 12.5. The first-order valence-corrected chi connectivity index (χ1v) is 7.29. The molecule has 7 heteroatoms. The van der Waals surface area contributed by atoms with Gasteiger partial charge in [-0.05, 0) is 19.1 Å². The van der Waals surface area contributed by atoms with Gasteiger partial charge >= 0.3 is 5.97 Å². The fourth-order valence-corrected chi connectivity index (χ4v) is 3.44. The van der Waals surface area contributed by atoms with Gasteiger partial charge in [0, 0.05) is 21.8 Å². The van der Waals surface area contributed by atoms with Gasteiger partial charge in [-0.25, -0.2) is 9.18 Å². The van der Waals surface area contributed by atoms with Crippen molar-refractivity contribution < 1.29 is 14.3 Å². The Labute approximate surface area is 128 Å². The summed E-state index contributed by atoms with van der Waals surface area (Å²) in [6.07, 6.45) is 1.60. The maximum Gasteiger partial charge on any atom is 0.346 e. The van der Waals surface area contributed by atoms with Gasteiger partial charge in [-0.2, -0.15) is 5.10 Å². The molecule has 0 aliphatic rings. The summed E-state index contributed by atoms with van der Waals surface area (Å²) in [5.74, 6) is -1.50. The number of carboxylic acid groups (broad SMARTS) is 1. The largest absolute Gasteiger partial charge is 0.477 e. The van der Waals surface area contributed by atoms with Gasteiger partial charge in [-0.1, -0.05) is 17.7 Å². The highest BCUT2D eigenvalue weighted by atomic mass is 35.5. The van der Waals surface area contributed by atoms with Crippen molar-refractivity contribution in [2.24, 2.45) is 0 Å². The summed E-state index contributed by atoms with van der Waals surface area (Å²) in [6, 6.07) is 4.60. The summed E-state index contributed by atoms with van der Waals surface area (Å²) in [6.45, 7) is 1.92. The van der Waals surface area contributed by atoms with Crippen LogP contribution in [0.5, 0.6) is 0 Å². The van der Waals surface area contributed by atoms with Crippen molar-refractivity contribution in [3.63, 3.8) is 0 Å². The molecule has 2 heterocycles. The summed E-state index contributed by atoms with van der Waals surface area (Å²) >= 11 is 7.01. The number of hydrogen-bond acceptors (Lipinski definition) is 3. The summed E-state index contributed by atoms with van der Waals surface area (Å²) in [7, 11) is 0. The maximum absolute atomic E-state index is 14.1. The van der Waals surface area contributed by atoms with Crippen molar-refractivity contribution >= 4 is 39.0 Å². The number of fused-ring (bicyclic) bond motifs is 1. The lowest BCUT2D eigenvalue weighted by molar-refractivity contribution is 0.0701. The number of nitrogens with zero attached hydrogens (tertiary/aromatic N) is 2. The van der Waals surface area contributed by atoms with Crippen molar-refractivity contribution in [3.05, 3.63) is 51.4 Å². The van der Waals surface area contributed by atoms with Crippen molar-refractivity contribution in [2.45, 2.75) is 13.5 Å². The third kappa shape index (κ3) is 2.41. The van der Waals surface area contributed by atoms with Gasteiger partial charge in [-0.3, -0.25) is 4.68 Å². The molecule has 21 heavy (non-hydrogen) atoms. The number of aromatic carboxylic acids is 1. The Morgan fingerprint density at radius 2 is 2.29 bits per heavy atom. The number of carboxylic acids is 1. The second-order valence-electron chi connectivity index (χ2n) is 4.59. The Hall–Kier alpha value is -1.92. The molecule has 0 bridgehead atoms. The fourth-order valence-electron chi connectivity index (χ4n) is 2.23. The first-order chi connectivity index (χ1) is 9.97. The Kier molecular flexibility index (Phi) is 3.43. The molecule has 2 aromatic heterocycles. The molecule has 0 saturated carbocycles. The highest BCUT2D eigenvalue weighted by Crippen LogP contribution is 2.34. The van der Waals surface area contributed by atoms with Crippen LogP contribution in [0.2, 0.25) is 5.02 Å². The lowest BCUT2D eigenvalue weighted by atomic mass is 10.1. The summed E-state index contributed by atoms with van der Waals surface area (Å²) < 4.78 is 16.2. The average molecular weight is 325 g/mol. The van der Waals surface area contributed by atoms with E-state index in [0.29, 0.717) is 26.4 Å². The molecule has 0 fully saturated rings. The minimum absolute atomic E-state index is 0.124. The Bertz CT molecular complexity index is 837. The number of aromatic nitrogens is 2. The molecule has 3 rings (SSSR count). The van der Waals surface area contributed by atoms with Crippen LogP contribution in [-0.2, 0) is 6.54 Å². The third-order valence-corrected chi connectivity index (χ3v) is 4.72. The van der Waals surface area contributed by atoms with E-state index in [9.17, 15) is 14.3 Å². The van der Waals surface area contributed by atoms with E-state index < -0.39 is 11.8 Å². The van der Waals surface area contributed by atoms with E-state index in [2.05, 4.69) is 5.10 Å². The Morgan fingerprint density at radius 1 is 1.52 bits per heavy atom. The molecule has 0 aliphatic carbocycles.